The van der Waals surface area contributed by atoms with Crippen LogP contribution >= 0.6 is 0 Å². The average molecular weight is 217 g/mol. The third-order valence-electron chi connectivity index (χ3n) is 1.86. The number of nitrogens with one attached hydrogen (secondary N) is 2. The summed E-state index contributed by atoms with van der Waals surface area (Å²) in [5.41, 5.74) is 5.54. The molecule has 0 fully saturated rings. The highest BCUT2D eigenvalue weighted by Gasteiger charge is 2.18. The number of hydrogen-bond donors (Lipinski definition) is 4. The van der Waals surface area contributed by atoms with Crippen LogP contribution in [-0.2, 0) is 9.59 Å². The van der Waals surface area contributed by atoms with Gasteiger partial charge in [-0.15, -0.1) is 0 Å². The summed E-state index contributed by atoms with van der Waals surface area (Å²) in [7, 11) is 0. The van der Waals surface area contributed by atoms with Gasteiger partial charge in [0, 0.05) is 6.54 Å². The molecule has 15 heavy (non-hydrogen) atoms. The van der Waals surface area contributed by atoms with Crippen LogP contribution in [0.3, 0.4) is 0 Å². The van der Waals surface area contributed by atoms with E-state index < -0.39 is 17.9 Å². The van der Waals surface area contributed by atoms with Crippen LogP contribution in [0.25, 0.3) is 0 Å². The molecule has 0 bridgehead atoms. The molecule has 1 atom stereocenters. The van der Waals surface area contributed by atoms with Crippen molar-refractivity contribution < 1.29 is 14.7 Å². The quantitative estimate of drug-likeness (QED) is 0.393. The lowest BCUT2D eigenvalue weighted by Gasteiger charge is -2.14. The van der Waals surface area contributed by atoms with Crippen LogP contribution in [0.1, 0.15) is 13.8 Å². The standard InChI is InChI=1S/C9H19N3O3/c1-6(2)8(10)9(15)12-7(14)5-11-3-4-13/h6,8,11,13H,3-5,10H2,1-2H3,(H,12,14,15)/t8-/m0/s1. The van der Waals surface area contributed by atoms with Gasteiger partial charge in [0.15, 0.2) is 0 Å². The molecule has 0 aromatic rings. The molecular weight excluding hydrogens is 198 g/mol. The second kappa shape index (κ2) is 7.33. The molecule has 6 heteroatoms. The van der Waals surface area contributed by atoms with E-state index in [1.165, 1.54) is 0 Å². The molecule has 0 rings (SSSR count). The highest BCUT2D eigenvalue weighted by Crippen LogP contribution is 1.97. The van der Waals surface area contributed by atoms with Crippen LogP contribution in [0.2, 0.25) is 0 Å². The number of aliphatic hydroxyl groups excluding tert-OH is 1. The summed E-state index contributed by atoms with van der Waals surface area (Å²) in [5, 5.41) is 13.3. The average Bonchev–Trinajstić information content (AvgIpc) is 2.16. The first-order valence-corrected chi connectivity index (χ1v) is 4.90. The number of carbonyl (C=O) groups is 2. The van der Waals surface area contributed by atoms with Crippen molar-refractivity contribution >= 4 is 11.8 Å². The van der Waals surface area contributed by atoms with Gasteiger partial charge in [-0.3, -0.25) is 14.9 Å². The summed E-state index contributed by atoms with van der Waals surface area (Å²) < 4.78 is 0. The maximum atomic E-state index is 11.3. The minimum absolute atomic E-state index is 0.00286. The molecule has 5 N–H and O–H groups in total. The predicted molar refractivity (Wildman–Crippen MR) is 55.9 cm³/mol. The Hall–Kier alpha value is -0.980. The van der Waals surface area contributed by atoms with Gasteiger partial charge in [0.2, 0.25) is 11.8 Å². The van der Waals surface area contributed by atoms with E-state index in [1.807, 2.05) is 0 Å². The maximum Gasteiger partial charge on any atom is 0.243 e. The molecule has 2 amide bonds. The number of rotatable bonds is 6. The molecule has 0 aliphatic rings. The van der Waals surface area contributed by atoms with Crippen LogP contribution in [0.5, 0.6) is 0 Å². The molecule has 0 aromatic carbocycles. The minimum atomic E-state index is -0.674. The number of carbonyl (C=O) groups excluding carboxylic acids is 2. The zero-order chi connectivity index (χ0) is 11.8. The fraction of sp³-hybridized carbons (Fsp3) is 0.778. The van der Waals surface area contributed by atoms with Crippen LogP contribution in [0.15, 0.2) is 0 Å². The van der Waals surface area contributed by atoms with Crippen molar-refractivity contribution in [1.29, 1.82) is 0 Å². The van der Waals surface area contributed by atoms with Gasteiger partial charge in [-0.1, -0.05) is 13.8 Å². The molecule has 0 spiro atoms. The topological polar surface area (TPSA) is 104 Å². The monoisotopic (exact) mass is 217 g/mol. The highest BCUT2D eigenvalue weighted by molar-refractivity contribution is 5.98. The van der Waals surface area contributed by atoms with Gasteiger partial charge in [-0.2, -0.15) is 0 Å². The summed E-state index contributed by atoms with van der Waals surface area (Å²) in [4.78, 5) is 22.4. The van der Waals surface area contributed by atoms with Crippen LogP contribution < -0.4 is 16.4 Å². The van der Waals surface area contributed by atoms with Crippen molar-refractivity contribution in [3.8, 4) is 0 Å². The van der Waals surface area contributed by atoms with Gasteiger partial charge in [0.25, 0.3) is 0 Å². The van der Waals surface area contributed by atoms with Crippen molar-refractivity contribution in [2.24, 2.45) is 11.7 Å². The molecule has 0 radical (unpaired) electrons. The molecule has 88 valence electrons. The van der Waals surface area contributed by atoms with Crippen molar-refractivity contribution in [3.63, 3.8) is 0 Å². The first-order chi connectivity index (χ1) is 6.99. The molecule has 0 saturated carbocycles. The Balaban J connectivity index is 3.81. The molecule has 0 aliphatic carbocycles. The third-order valence-corrected chi connectivity index (χ3v) is 1.86. The number of amides is 2. The molecule has 0 aliphatic heterocycles. The summed E-state index contributed by atoms with van der Waals surface area (Å²) in [6, 6.07) is -0.674. The van der Waals surface area contributed by atoms with E-state index in [-0.39, 0.29) is 19.1 Å². The Morgan fingerprint density at radius 1 is 1.40 bits per heavy atom. The van der Waals surface area contributed by atoms with E-state index in [9.17, 15) is 9.59 Å². The van der Waals surface area contributed by atoms with Crippen LogP contribution in [-0.4, -0.2) is 42.7 Å². The largest absolute Gasteiger partial charge is 0.395 e. The minimum Gasteiger partial charge on any atom is -0.395 e. The molecule has 0 saturated heterocycles. The lowest BCUT2D eigenvalue weighted by molar-refractivity contribution is -0.131. The van der Waals surface area contributed by atoms with Gasteiger partial charge < -0.3 is 16.2 Å². The lowest BCUT2D eigenvalue weighted by atomic mass is 10.1. The third kappa shape index (κ3) is 6.16. The highest BCUT2D eigenvalue weighted by atomic mass is 16.3. The normalized spacial score (nSPS) is 12.6. The maximum absolute atomic E-state index is 11.3. The summed E-state index contributed by atoms with van der Waals surface area (Å²) in [5.74, 6) is -0.923. The molecular formula is C9H19N3O3. The smallest absolute Gasteiger partial charge is 0.243 e. The first-order valence-electron chi connectivity index (χ1n) is 4.90. The summed E-state index contributed by atoms with van der Waals surface area (Å²) in [6.07, 6.45) is 0. The van der Waals surface area contributed by atoms with E-state index in [2.05, 4.69) is 10.6 Å². The molecule has 0 heterocycles. The van der Waals surface area contributed by atoms with E-state index >= 15 is 0 Å². The van der Waals surface area contributed by atoms with E-state index in [4.69, 9.17) is 10.8 Å². The van der Waals surface area contributed by atoms with Crippen LogP contribution in [0.4, 0.5) is 0 Å². The Kier molecular flexibility index (Phi) is 6.85. The zero-order valence-corrected chi connectivity index (χ0v) is 9.12. The van der Waals surface area contributed by atoms with Gasteiger partial charge in [0.05, 0.1) is 19.2 Å². The zero-order valence-electron chi connectivity index (χ0n) is 9.12. The second-order valence-corrected chi connectivity index (χ2v) is 3.58. The van der Waals surface area contributed by atoms with E-state index in [1.54, 1.807) is 13.8 Å². The van der Waals surface area contributed by atoms with Crippen molar-refractivity contribution in [3.05, 3.63) is 0 Å². The SMILES string of the molecule is CC(C)[C@H](N)C(=O)NC(=O)CNCCO. The molecule has 6 nitrogen and oxygen atoms in total. The Labute approximate surface area is 89.2 Å². The van der Waals surface area contributed by atoms with Gasteiger partial charge >= 0.3 is 0 Å². The molecule has 0 aromatic heterocycles. The van der Waals surface area contributed by atoms with Gasteiger partial charge in [-0.25, -0.2) is 0 Å². The fourth-order valence-electron chi connectivity index (χ4n) is 0.849. The number of hydrogen-bond acceptors (Lipinski definition) is 5. The summed E-state index contributed by atoms with van der Waals surface area (Å²) in [6.45, 7) is 3.87. The number of imide groups is 1. The lowest BCUT2D eigenvalue weighted by Crippen LogP contribution is -2.48. The van der Waals surface area contributed by atoms with Crippen molar-refractivity contribution in [1.82, 2.24) is 10.6 Å². The van der Waals surface area contributed by atoms with E-state index in [0.717, 1.165) is 0 Å². The Morgan fingerprint density at radius 3 is 2.47 bits per heavy atom. The first kappa shape index (κ1) is 14.0. The number of nitrogens with two attached hydrogens (primary N) is 1. The molecule has 0 unspecified atom stereocenters. The summed E-state index contributed by atoms with van der Waals surface area (Å²) >= 11 is 0. The second-order valence-electron chi connectivity index (χ2n) is 3.58. The Bertz CT molecular complexity index is 219. The van der Waals surface area contributed by atoms with Gasteiger partial charge in [0.1, 0.15) is 0 Å². The van der Waals surface area contributed by atoms with Crippen molar-refractivity contribution in [2.45, 2.75) is 19.9 Å². The Morgan fingerprint density at radius 2 is 2.00 bits per heavy atom. The predicted octanol–water partition coefficient (Wildman–Crippen LogP) is -1.81. The van der Waals surface area contributed by atoms with Gasteiger partial charge in [-0.05, 0) is 5.92 Å². The fourth-order valence-corrected chi connectivity index (χ4v) is 0.849. The van der Waals surface area contributed by atoms with Crippen molar-refractivity contribution in [2.75, 3.05) is 19.7 Å². The number of aliphatic hydroxyl groups is 1. The van der Waals surface area contributed by atoms with Crippen LogP contribution in [0, 0.1) is 5.92 Å². The van der Waals surface area contributed by atoms with E-state index in [0.29, 0.717) is 6.54 Å².